The molecule has 1 atom stereocenters. The van der Waals surface area contributed by atoms with Crippen LogP contribution in [0.5, 0.6) is 0 Å². The number of sulfonamides is 1. The molecule has 3 heterocycles. The van der Waals surface area contributed by atoms with Crippen LogP contribution >= 0.6 is 0 Å². The van der Waals surface area contributed by atoms with Crippen molar-refractivity contribution >= 4 is 33.4 Å². The second-order valence-corrected chi connectivity index (χ2v) is 11.2. The van der Waals surface area contributed by atoms with E-state index in [1.807, 2.05) is 24.0 Å². The fourth-order valence-electron chi connectivity index (χ4n) is 4.59. The summed E-state index contributed by atoms with van der Waals surface area (Å²) in [5.41, 5.74) is 2.81. The molecule has 202 valence electrons. The number of halogens is 3. The van der Waals surface area contributed by atoms with E-state index in [0.717, 1.165) is 17.4 Å². The third kappa shape index (κ3) is 7.48. The van der Waals surface area contributed by atoms with Gasteiger partial charge in [0.15, 0.2) is 0 Å². The second kappa shape index (κ2) is 10.7. The van der Waals surface area contributed by atoms with Crippen LogP contribution in [-0.2, 0) is 14.8 Å². The number of carbonyl (C=O) groups is 1. The Morgan fingerprint density at radius 3 is 2.57 bits per heavy atom. The van der Waals surface area contributed by atoms with Gasteiger partial charge in [-0.1, -0.05) is 6.07 Å². The molecule has 9 nitrogen and oxygen atoms in total. The smallest absolute Gasteiger partial charge is 0.378 e. The lowest BCUT2D eigenvalue weighted by Gasteiger charge is -2.28. The molecule has 2 N–H and O–H groups in total. The van der Waals surface area contributed by atoms with Crippen LogP contribution in [0.15, 0.2) is 30.3 Å². The highest BCUT2D eigenvalue weighted by molar-refractivity contribution is 7.92. The number of aromatic nitrogens is 1. The van der Waals surface area contributed by atoms with Crippen LogP contribution in [-0.4, -0.2) is 76.2 Å². The van der Waals surface area contributed by atoms with Crippen molar-refractivity contribution in [2.24, 2.45) is 5.92 Å². The van der Waals surface area contributed by atoms with Crippen molar-refractivity contribution < 1.29 is 31.1 Å². The molecule has 0 spiro atoms. The molecule has 2 amide bonds. The Morgan fingerprint density at radius 1 is 1.16 bits per heavy atom. The van der Waals surface area contributed by atoms with Gasteiger partial charge in [0.1, 0.15) is 11.6 Å². The molecule has 1 aromatic carbocycles. The van der Waals surface area contributed by atoms with Gasteiger partial charge in [-0.25, -0.2) is 18.2 Å². The normalized spacial score (nSPS) is 18.7. The van der Waals surface area contributed by atoms with E-state index in [1.165, 1.54) is 4.90 Å². The van der Waals surface area contributed by atoms with Gasteiger partial charge < -0.3 is 19.9 Å². The third-order valence-corrected chi connectivity index (χ3v) is 6.91. The predicted molar refractivity (Wildman–Crippen MR) is 135 cm³/mol. The SMILES string of the molecule is Cc1ccc(NC(=O)N2CCC(CC(F)(F)F)C2)cc1-c1cc(NS(C)(=O)=O)nc(N2CCOCC2)c1. The van der Waals surface area contributed by atoms with Crippen molar-refractivity contribution in [3.8, 4) is 11.1 Å². The largest absolute Gasteiger partial charge is 0.389 e. The zero-order valence-corrected chi connectivity index (χ0v) is 21.5. The van der Waals surface area contributed by atoms with E-state index in [9.17, 15) is 26.4 Å². The number of rotatable bonds is 6. The fraction of sp³-hybridized carbons (Fsp3) is 0.500. The first-order valence-corrected chi connectivity index (χ1v) is 13.8. The summed E-state index contributed by atoms with van der Waals surface area (Å²) in [7, 11) is -3.57. The molecule has 0 saturated carbocycles. The Kier molecular flexibility index (Phi) is 7.83. The molecule has 0 aliphatic carbocycles. The first kappa shape index (κ1) is 27.0. The quantitative estimate of drug-likeness (QED) is 0.572. The minimum Gasteiger partial charge on any atom is -0.378 e. The average molecular weight is 542 g/mol. The van der Waals surface area contributed by atoms with Crippen molar-refractivity contribution in [3.63, 3.8) is 0 Å². The molecule has 37 heavy (non-hydrogen) atoms. The second-order valence-electron chi connectivity index (χ2n) is 9.45. The summed E-state index contributed by atoms with van der Waals surface area (Å²) in [6, 6.07) is 8.33. The molecule has 2 fully saturated rings. The minimum atomic E-state index is -4.25. The molecule has 1 aromatic heterocycles. The maximum absolute atomic E-state index is 12.8. The molecule has 0 radical (unpaired) electrons. The van der Waals surface area contributed by atoms with Crippen molar-refractivity contribution in [1.29, 1.82) is 0 Å². The number of amides is 2. The number of ether oxygens (including phenoxy) is 1. The summed E-state index contributed by atoms with van der Waals surface area (Å²) >= 11 is 0. The van der Waals surface area contributed by atoms with E-state index in [0.29, 0.717) is 49.8 Å². The summed E-state index contributed by atoms with van der Waals surface area (Å²) < 4.78 is 69.8. The number of anilines is 3. The number of alkyl halides is 3. The van der Waals surface area contributed by atoms with Gasteiger partial charge in [-0.2, -0.15) is 13.2 Å². The number of benzene rings is 1. The van der Waals surface area contributed by atoms with Crippen LogP contribution in [0.3, 0.4) is 0 Å². The Bertz CT molecular complexity index is 1250. The van der Waals surface area contributed by atoms with Crippen LogP contribution in [0.4, 0.5) is 35.3 Å². The van der Waals surface area contributed by atoms with E-state index in [-0.39, 0.29) is 18.9 Å². The summed E-state index contributed by atoms with van der Waals surface area (Å²) in [5.74, 6) is 0.159. The molecule has 2 aliphatic heterocycles. The highest BCUT2D eigenvalue weighted by atomic mass is 32.2. The molecule has 1 unspecified atom stereocenters. The van der Waals surface area contributed by atoms with E-state index < -0.39 is 34.6 Å². The van der Waals surface area contributed by atoms with Crippen molar-refractivity contribution in [1.82, 2.24) is 9.88 Å². The molecule has 4 rings (SSSR count). The molecular formula is C24H30F3N5O4S. The van der Waals surface area contributed by atoms with Crippen molar-refractivity contribution in [3.05, 3.63) is 35.9 Å². The number of nitrogens with one attached hydrogen (secondary N) is 2. The highest BCUT2D eigenvalue weighted by Crippen LogP contribution is 2.33. The number of hydrogen-bond donors (Lipinski definition) is 2. The number of morpholine rings is 1. The minimum absolute atomic E-state index is 0.0534. The van der Waals surface area contributed by atoms with Gasteiger partial charge in [-0.05, 0) is 60.2 Å². The Hall–Kier alpha value is -3.06. The van der Waals surface area contributed by atoms with Gasteiger partial charge in [-0.3, -0.25) is 4.72 Å². The Balaban J connectivity index is 1.58. The van der Waals surface area contributed by atoms with Crippen molar-refractivity contribution in [2.75, 3.05) is 60.6 Å². The summed E-state index contributed by atoms with van der Waals surface area (Å²) in [4.78, 5) is 20.6. The number of likely N-dealkylation sites (tertiary alicyclic amines) is 1. The standard InChI is InChI=1S/C24H30F3N5O4S/c1-16-3-4-19(28-23(33)32-6-5-17(15-32)14-24(25,26)27)13-20(16)18-11-21(30-37(2,34)35)29-22(12-18)31-7-9-36-10-8-31/h3-4,11-13,17H,5-10,14-15H2,1-2H3,(H,28,33)(H,29,30). The maximum atomic E-state index is 12.8. The number of nitrogens with zero attached hydrogens (tertiary/aromatic N) is 3. The van der Waals surface area contributed by atoms with Crippen molar-refractivity contribution in [2.45, 2.75) is 25.9 Å². The number of urea groups is 1. The summed E-state index contributed by atoms with van der Waals surface area (Å²) in [6.45, 7) is 4.48. The number of pyridine rings is 1. The molecule has 2 aromatic rings. The van der Waals surface area contributed by atoms with Gasteiger partial charge in [0.2, 0.25) is 10.0 Å². The van der Waals surface area contributed by atoms with Gasteiger partial charge in [-0.15, -0.1) is 0 Å². The lowest BCUT2D eigenvalue weighted by atomic mass is 10.00. The van der Waals surface area contributed by atoms with Gasteiger partial charge in [0, 0.05) is 38.3 Å². The summed E-state index contributed by atoms with van der Waals surface area (Å²) in [5, 5.41) is 2.79. The Morgan fingerprint density at radius 2 is 1.89 bits per heavy atom. The number of hydrogen-bond acceptors (Lipinski definition) is 6. The average Bonchev–Trinajstić information content (AvgIpc) is 3.26. The zero-order valence-electron chi connectivity index (χ0n) is 20.6. The van der Waals surface area contributed by atoms with E-state index >= 15 is 0 Å². The van der Waals surface area contributed by atoms with Gasteiger partial charge in [0.25, 0.3) is 0 Å². The predicted octanol–water partition coefficient (Wildman–Crippen LogP) is 4.07. The fourth-order valence-corrected chi connectivity index (χ4v) is 5.08. The van der Waals surface area contributed by atoms with Crippen LogP contribution in [0.2, 0.25) is 0 Å². The van der Waals surface area contributed by atoms with Crippen LogP contribution < -0.4 is 14.9 Å². The van der Waals surface area contributed by atoms with Gasteiger partial charge in [0.05, 0.1) is 19.5 Å². The lowest BCUT2D eigenvalue weighted by molar-refractivity contribution is -0.143. The zero-order chi connectivity index (χ0) is 26.8. The third-order valence-electron chi connectivity index (χ3n) is 6.33. The maximum Gasteiger partial charge on any atom is 0.389 e. The molecule has 2 saturated heterocycles. The topological polar surface area (TPSA) is 104 Å². The van der Waals surface area contributed by atoms with Crippen LogP contribution in [0, 0.1) is 12.8 Å². The van der Waals surface area contributed by atoms with E-state index in [2.05, 4.69) is 15.0 Å². The summed E-state index contributed by atoms with van der Waals surface area (Å²) in [6.07, 6.45) is -3.79. The van der Waals surface area contributed by atoms with Gasteiger partial charge >= 0.3 is 12.2 Å². The van der Waals surface area contributed by atoms with E-state index in [4.69, 9.17) is 4.74 Å². The first-order valence-electron chi connectivity index (χ1n) is 11.9. The molecular weight excluding hydrogens is 511 g/mol. The molecule has 2 aliphatic rings. The lowest BCUT2D eigenvalue weighted by Crippen LogP contribution is -2.36. The van der Waals surface area contributed by atoms with E-state index in [1.54, 1.807) is 18.2 Å². The Labute approximate surface area is 214 Å². The van der Waals surface area contributed by atoms with Crippen LogP contribution in [0.1, 0.15) is 18.4 Å². The molecule has 13 heteroatoms. The number of aryl methyl sites for hydroxylation is 1. The first-order chi connectivity index (χ1) is 17.4. The number of carbonyl (C=O) groups excluding carboxylic acids is 1. The molecule has 0 bridgehead atoms. The highest BCUT2D eigenvalue weighted by Gasteiger charge is 2.36. The van der Waals surface area contributed by atoms with Crippen LogP contribution in [0.25, 0.3) is 11.1 Å². The monoisotopic (exact) mass is 541 g/mol.